The van der Waals surface area contributed by atoms with E-state index < -0.39 is 5.97 Å². The van der Waals surface area contributed by atoms with Crippen LogP contribution in [0.25, 0.3) is 0 Å². The van der Waals surface area contributed by atoms with E-state index in [1.165, 1.54) is 0 Å². The van der Waals surface area contributed by atoms with Gasteiger partial charge in [0.25, 0.3) is 0 Å². The van der Waals surface area contributed by atoms with E-state index in [1.807, 2.05) is 0 Å². The second-order valence-electron chi connectivity index (χ2n) is 16.3. The van der Waals surface area contributed by atoms with Gasteiger partial charge in [-0.1, -0.05) is 0 Å². The molecule has 480 valence electrons. The molecule has 0 amide bonds. The van der Waals surface area contributed by atoms with Crippen molar-refractivity contribution in [3.05, 3.63) is 0 Å². The number of nitrogens with one attached hydrogen (secondary N) is 1. The number of carbonyl (C=O) groups is 1. The molecule has 2 N–H and O–H groups in total. The maximum Gasteiger partial charge on any atom is 0.304 e. The predicted molar refractivity (Wildman–Crippen MR) is 290 cm³/mol. The molecule has 0 atom stereocenters. The Kier molecular flexibility index (Phi) is 74.0. The molecule has 0 saturated carbocycles. The van der Waals surface area contributed by atoms with E-state index in [1.54, 1.807) is 7.11 Å². The Morgan fingerprint density at radius 3 is 0.500 bits per heavy atom. The third-order valence-electron chi connectivity index (χ3n) is 9.77. The van der Waals surface area contributed by atoms with Crippen molar-refractivity contribution in [3.8, 4) is 0 Å². The highest BCUT2D eigenvalue weighted by Gasteiger charge is 2.01. The fraction of sp³-hybridized carbons (Fsp3) is 0.981. The van der Waals surface area contributed by atoms with Crippen molar-refractivity contribution in [3.63, 3.8) is 0 Å². The molecule has 0 aromatic rings. The predicted octanol–water partition coefficient (Wildman–Crippen LogP) is 0.469. The molecule has 0 aliphatic rings. The monoisotopic (exact) mass is 1170 g/mol. The van der Waals surface area contributed by atoms with Crippen LogP contribution in [0.15, 0.2) is 0 Å². The van der Waals surface area contributed by atoms with Gasteiger partial charge in [-0.2, -0.15) is 0 Å². The summed E-state index contributed by atoms with van der Waals surface area (Å²) in [6.07, 6.45) is 0.950. The van der Waals surface area contributed by atoms with Gasteiger partial charge in [-0.25, -0.2) is 0 Å². The number of aliphatic carboxylic acids is 1. The van der Waals surface area contributed by atoms with E-state index in [-0.39, 0.29) is 6.42 Å². The number of rotatable bonds is 76. The van der Waals surface area contributed by atoms with Crippen molar-refractivity contribution >= 4 is 5.97 Å². The summed E-state index contributed by atoms with van der Waals surface area (Å²) in [7, 11) is 1.64. The Hall–Kier alpha value is -1.53. The van der Waals surface area contributed by atoms with E-state index in [9.17, 15) is 4.79 Å². The number of methoxy groups -OCH3 is 1. The minimum absolute atomic E-state index is 0.126. The molecule has 0 aromatic heterocycles. The van der Waals surface area contributed by atoms with Gasteiger partial charge in [0, 0.05) is 20.3 Å². The van der Waals surface area contributed by atoms with Crippen LogP contribution >= 0.6 is 0 Å². The molecule has 0 unspecified atom stereocenters. The molecule has 0 bridgehead atoms. The van der Waals surface area contributed by atoms with Crippen LogP contribution in [0.3, 0.4) is 0 Å². The fourth-order valence-corrected chi connectivity index (χ4v) is 5.70. The summed E-state index contributed by atoms with van der Waals surface area (Å²) in [5.41, 5.74) is 0. The zero-order valence-electron chi connectivity index (χ0n) is 48.7. The van der Waals surface area contributed by atoms with Crippen molar-refractivity contribution in [2.24, 2.45) is 0 Å². The fourth-order valence-electron chi connectivity index (χ4n) is 5.70. The summed E-state index contributed by atoms with van der Waals surface area (Å²) >= 11 is 0. The van der Waals surface area contributed by atoms with Gasteiger partial charge in [0.1, 0.15) is 0 Å². The lowest BCUT2D eigenvalue weighted by Gasteiger charge is -2.09. The molecule has 0 heterocycles. The summed E-state index contributed by atoms with van der Waals surface area (Å²) in [6.45, 7) is 24.7. The van der Waals surface area contributed by atoms with E-state index in [4.69, 9.17) is 119 Å². The molecule has 27 nitrogen and oxygen atoms in total. The average molecular weight is 1170 g/mol. The molecule has 0 fully saturated rings. The van der Waals surface area contributed by atoms with Gasteiger partial charge < -0.3 is 124 Å². The van der Waals surface area contributed by atoms with Gasteiger partial charge in [-0.15, -0.1) is 0 Å². The van der Waals surface area contributed by atoms with Crippen LogP contribution in [0.4, 0.5) is 0 Å². The Morgan fingerprint density at radius 2 is 0.362 bits per heavy atom. The topological polar surface area (TPSA) is 271 Å². The van der Waals surface area contributed by atoms with E-state index in [0.29, 0.717) is 317 Å². The minimum atomic E-state index is -0.800. The molecule has 0 spiro atoms. The zero-order valence-corrected chi connectivity index (χ0v) is 48.7. The smallest absolute Gasteiger partial charge is 0.304 e. The van der Waals surface area contributed by atoms with E-state index in [0.717, 1.165) is 13.0 Å². The molecule has 27 heteroatoms. The lowest BCUT2D eigenvalue weighted by Crippen LogP contribution is -2.20. The first kappa shape index (κ1) is 78.5. The number of carboxylic acid groups (broad SMARTS) is 1. The van der Waals surface area contributed by atoms with Crippen LogP contribution in [0.2, 0.25) is 0 Å². The molecule has 0 aromatic carbocycles. The highest BCUT2D eigenvalue weighted by molar-refractivity contribution is 5.66. The molecule has 0 rings (SSSR count). The highest BCUT2D eigenvalue weighted by Crippen LogP contribution is 1.91. The Morgan fingerprint density at radius 1 is 0.225 bits per heavy atom. The lowest BCUT2D eigenvalue weighted by molar-refractivity contribution is -0.136. The molecular weight excluding hydrogens is 1070 g/mol. The van der Waals surface area contributed by atoms with Gasteiger partial charge in [0.15, 0.2) is 0 Å². The van der Waals surface area contributed by atoms with Crippen LogP contribution in [-0.4, -0.2) is 342 Å². The third kappa shape index (κ3) is 76.5. The van der Waals surface area contributed by atoms with E-state index >= 15 is 0 Å². The zero-order chi connectivity index (χ0) is 57.3. The third-order valence-corrected chi connectivity index (χ3v) is 9.77. The first-order valence-corrected chi connectivity index (χ1v) is 28.5. The SMILES string of the molecule is COCCOCCOCCOCCOCCOCCOCCOCCOCCOCCOCCOCCOCCOCCOCCOCCOCCOCCOCCOCCOCCOCCOCCOCCCNCCC(=O)O. The van der Waals surface area contributed by atoms with Gasteiger partial charge >= 0.3 is 5.97 Å². The summed E-state index contributed by atoms with van der Waals surface area (Å²) in [5.74, 6) is -0.800. The molecule has 0 aliphatic carbocycles. The number of hydrogen-bond acceptors (Lipinski definition) is 26. The summed E-state index contributed by atoms with van der Waals surface area (Å²) in [5, 5.41) is 11.6. The molecule has 0 aliphatic heterocycles. The second-order valence-corrected chi connectivity index (χ2v) is 16.3. The van der Waals surface area contributed by atoms with Crippen LogP contribution in [0.5, 0.6) is 0 Å². The van der Waals surface area contributed by atoms with Crippen LogP contribution < -0.4 is 5.32 Å². The number of ether oxygens (including phenoxy) is 24. The lowest BCUT2D eigenvalue weighted by atomic mass is 10.4. The summed E-state index contributed by atoms with van der Waals surface area (Å²) in [4.78, 5) is 10.4. The summed E-state index contributed by atoms with van der Waals surface area (Å²) < 4.78 is 131. The first-order valence-electron chi connectivity index (χ1n) is 28.5. The van der Waals surface area contributed by atoms with Gasteiger partial charge in [0.2, 0.25) is 0 Å². The number of carboxylic acids is 1. The van der Waals surface area contributed by atoms with Crippen LogP contribution in [0, 0.1) is 0 Å². The van der Waals surface area contributed by atoms with Crippen LogP contribution in [0.1, 0.15) is 12.8 Å². The molecule has 0 saturated heterocycles. The largest absolute Gasteiger partial charge is 0.481 e. The Labute approximate surface area is 477 Å². The molecule has 80 heavy (non-hydrogen) atoms. The average Bonchev–Trinajstić information content (AvgIpc) is 3.46. The van der Waals surface area contributed by atoms with Crippen molar-refractivity contribution in [1.82, 2.24) is 5.32 Å². The second kappa shape index (κ2) is 75.5. The minimum Gasteiger partial charge on any atom is -0.481 e. The normalized spacial score (nSPS) is 11.7. The van der Waals surface area contributed by atoms with Crippen molar-refractivity contribution < 1.29 is 124 Å². The van der Waals surface area contributed by atoms with Crippen LogP contribution in [-0.2, 0) is 118 Å². The van der Waals surface area contributed by atoms with Gasteiger partial charge in [-0.3, -0.25) is 4.79 Å². The van der Waals surface area contributed by atoms with Gasteiger partial charge in [0.05, 0.1) is 310 Å². The summed E-state index contributed by atoms with van der Waals surface area (Å²) in [6, 6.07) is 0. The highest BCUT2D eigenvalue weighted by atomic mass is 16.6. The molecule has 0 radical (unpaired) electrons. The number of hydrogen-bond donors (Lipinski definition) is 2. The quantitative estimate of drug-likeness (QED) is 0.0784. The van der Waals surface area contributed by atoms with E-state index in [2.05, 4.69) is 5.32 Å². The standard InChI is InChI=1S/C53H107NO26/c1-57-7-8-59-11-12-61-15-16-63-19-20-65-23-24-67-27-28-69-31-32-71-35-36-73-39-40-75-43-44-77-47-48-79-51-52-80-50-49-78-46-45-76-42-41-74-38-37-72-34-33-70-30-29-68-26-25-66-22-21-64-18-17-62-14-13-60-10-9-58-6-2-4-54-5-3-53(55)56/h54H,2-52H2,1H3,(H,55,56). The van der Waals surface area contributed by atoms with Crippen molar-refractivity contribution in [1.29, 1.82) is 0 Å². The van der Waals surface area contributed by atoms with Crippen molar-refractivity contribution in [2.75, 3.05) is 331 Å². The Bertz CT molecular complexity index is 1120. The molecular formula is C53H107NO26. The van der Waals surface area contributed by atoms with Crippen molar-refractivity contribution in [2.45, 2.75) is 12.8 Å². The maximum atomic E-state index is 10.4. The Balaban J connectivity index is 3.08. The maximum absolute atomic E-state index is 10.4. The first-order chi connectivity index (χ1) is 39.8. The van der Waals surface area contributed by atoms with Gasteiger partial charge in [-0.05, 0) is 13.0 Å².